The normalized spacial score (nSPS) is 31.1. The number of hydrogen-bond donors (Lipinski definition) is 2. The van der Waals surface area contributed by atoms with Crippen molar-refractivity contribution in [1.82, 2.24) is 10.2 Å². The van der Waals surface area contributed by atoms with Crippen LogP contribution in [0, 0.1) is 0 Å². The van der Waals surface area contributed by atoms with Crippen molar-refractivity contribution < 1.29 is 9.84 Å². The van der Waals surface area contributed by atoms with E-state index in [9.17, 15) is 5.11 Å². The Hall–Kier alpha value is -0.160. The van der Waals surface area contributed by atoms with E-state index >= 15 is 0 Å². The Morgan fingerprint density at radius 2 is 2.29 bits per heavy atom. The molecule has 0 heterocycles. The van der Waals surface area contributed by atoms with Gasteiger partial charge in [0, 0.05) is 24.7 Å². The second kappa shape index (κ2) is 6.69. The van der Waals surface area contributed by atoms with E-state index in [4.69, 9.17) is 4.74 Å². The molecule has 1 fully saturated rings. The van der Waals surface area contributed by atoms with E-state index < -0.39 is 0 Å². The molecule has 0 aromatic rings. The third kappa shape index (κ3) is 3.65. The molecule has 1 aliphatic rings. The molecule has 0 amide bonds. The zero-order valence-electron chi connectivity index (χ0n) is 11.7. The van der Waals surface area contributed by atoms with Crippen molar-refractivity contribution in [1.29, 1.82) is 0 Å². The molecule has 3 unspecified atom stereocenters. The van der Waals surface area contributed by atoms with E-state index in [0.717, 1.165) is 32.4 Å². The van der Waals surface area contributed by atoms with Crippen molar-refractivity contribution >= 4 is 0 Å². The molecule has 4 heteroatoms. The number of likely N-dealkylation sites (N-methyl/N-ethyl adjacent to an activating group) is 2. The van der Waals surface area contributed by atoms with Crippen LogP contribution in [0.2, 0.25) is 0 Å². The first-order chi connectivity index (χ1) is 8.08. The van der Waals surface area contributed by atoms with Crippen LogP contribution in [0.1, 0.15) is 33.1 Å². The lowest BCUT2D eigenvalue weighted by Gasteiger charge is -2.33. The summed E-state index contributed by atoms with van der Waals surface area (Å²) in [7, 11) is 3.91. The maximum atomic E-state index is 9.58. The number of aliphatic hydroxyl groups is 1. The van der Waals surface area contributed by atoms with Crippen molar-refractivity contribution in [2.45, 2.75) is 50.7 Å². The number of methoxy groups -OCH3 is 1. The minimum atomic E-state index is -0.0551. The first kappa shape index (κ1) is 14.9. The summed E-state index contributed by atoms with van der Waals surface area (Å²) in [6.45, 7) is 6.21. The van der Waals surface area contributed by atoms with Gasteiger partial charge >= 0.3 is 0 Å². The van der Waals surface area contributed by atoms with Crippen LogP contribution in [-0.4, -0.2) is 61.5 Å². The van der Waals surface area contributed by atoms with Gasteiger partial charge in [-0.05, 0) is 39.8 Å². The van der Waals surface area contributed by atoms with E-state index in [2.05, 4.69) is 31.1 Å². The molecule has 0 bridgehead atoms. The van der Waals surface area contributed by atoms with Gasteiger partial charge in [0.15, 0.2) is 0 Å². The quantitative estimate of drug-likeness (QED) is 0.697. The van der Waals surface area contributed by atoms with Crippen LogP contribution in [0.4, 0.5) is 0 Å². The molecule has 3 atom stereocenters. The fraction of sp³-hybridized carbons (Fsp3) is 1.00. The molecule has 1 rings (SSSR count). The van der Waals surface area contributed by atoms with Crippen molar-refractivity contribution in [2.75, 3.05) is 33.9 Å². The van der Waals surface area contributed by atoms with Gasteiger partial charge in [0.05, 0.1) is 13.2 Å². The maximum absolute atomic E-state index is 9.58. The molecule has 0 aromatic heterocycles. The van der Waals surface area contributed by atoms with Crippen LogP contribution in [0.15, 0.2) is 0 Å². The van der Waals surface area contributed by atoms with Crippen molar-refractivity contribution in [3.63, 3.8) is 0 Å². The van der Waals surface area contributed by atoms with E-state index in [-0.39, 0.29) is 12.1 Å². The standard InChI is InChI=1S/C13H28N2O2/c1-5-14-13(10-16)7-6-12(8-13)15(3)11(2)9-17-4/h11-12,14,16H,5-10H2,1-4H3. The van der Waals surface area contributed by atoms with Gasteiger partial charge < -0.3 is 15.2 Å². The van der Waals surface area contributed by atoms with Gasteiger partial charge in [-0.25, -0.2) is 0 Å². The van der Waals surface area contributed by atoms with Crippen molar-refractivity contribution in [3.8, 4) is 0 Å². The van der Waals surface area contributed by atoms with Crippen LogP contribution in [-0.2, 0) is 4.74 Å². The molecule has 0 saturated heterocycles. The molecule has 4 nitrogen and oxygen atoms in total. The number of rotatable bonds is 7. The SMILES string of the molecule is CCNC1(CO)CCC(N(C)C(C)COC)C1. The van der Waals surface area contributed by atoms with Gasteiger partial charge in [-0.3, -0.25) is 4.90 Å². The molecule has 102 valence electrons. The summed E-state index contributed by atoms with van der Waals surface area (Å²) in [5, 5.41) is 13.0. The van der Waals surface area contributed by atoms with Gasteiger partial charge in [-0.15, -0.1) is 0 Å². The third-order valence-electron chi connectivity index (χ3n) is 4.12. The zero-order valence-corrected chi connectivity index (χ0v) is 11.7. The highest BCUT2D eigenvalue weighted by molar-refractivity contribution is 4.99. The van der Waals surface area contributed by atoms with Crippen LogP contribution in [0.5, 0.6) is 0 Å². The second-order valence-corrected chi connectivity index (χ2v) is 5.34. The summed E-state index contributed by atoms with van der Waals surface area (Å²) in [6, 6.07) is 0.979. The molecule has 0 aromatic carbocycles. The third-order valence-corrected chi connectivity index (χ3v) is 4.12. The molecule has 2 N–H and O–H groups in total. The van der Waals surface area contributed by atoms with E-state index in [1.807, 2.05) is 0 Å². The highest BCUT2D eigenvalue weighted by Gasteiger charge is 2.40. The number of nitrogens with one attached hydrogen (secondary N) is 1. The Morgan fingerprint density at radius 3 is 2.82 bits per heavy atom. The monoisotopic (exact) mass is 244 g/mol. The molecular weight excluding hydrogens is 216 g/mol. The second-order valence-electron chi connectivity index (χ2n) is 5.34. The Morgan fingerprint density at radius 1 is 1.59 bits per heavy atom. The van der Waals surface area contributed by atoms with E-state index in [1.54, 1.807) is 7.11 Å². The van der Waals surface area contributed by atoms with Gasteiger partial charge in [0.1, 0.15) is 0 Å². The van der Waals surface area contributed by atoms with Gasteiger partial charge in [0.2, 0.25) is 0 Å². The highest BCUT2D eigenvalue weighted by Crippen LogP contribution is 2.33. The smallest absolute Gasteiger partial charge is 0.0615 e. The summed E-state index contributed by atoms with van der Waals surface area (Å²) in [6.07, 6.45) is 3.24. The summed E-state index contributed by atoms with van der Waals surface area (Å²) in [4.78, 5) is 2.39. The number of aliphatic hydroxyl groups excluding tert-OH is 1. The van der Waals surface area contributed by atoms with Gasteiger partial charge in [0.25, 0.3) is 0 Å². The number of nitrogens with zero attached hydrogens (tertiary/aromatic N) is 1. The lowest BCUT2D eigenvalue weighted by molar-refractivity contribution is 0.0837. The Kier molecular flexibility index (Phi) is 5.86. The van der Waals surface area contributed by atoms with Gasteiger partial charge in [-0.2, -0.15) is 0 Å². The average molecular weight is 244 g/mol. The van der Waals surface area contributed by atoms with Crippen LogP contribution >= 0.6 is 0 Å². The molecule has 1 saturated carbocycles. The summed E-state index contributed by atoms with van der Waals surface area (Å²) in [5.41, 5.74) is -0.0551. The van der Waals surface area contributed by atoms with Crippen LogP contribution in [0.3, 0.4) is 0 Å². The Balaban J connectivity index is 2.53. The van der Waals surface area contributed by atoms with Crippen molar-refractivity contribution in [3.05, 3.63) is 0 Å². The van der Waals surface area contributed by atoms with Crippen molar-refractivity contribution in [2.24, 2.45) is 0 Å². The molecule has 0 aliphatic heterocycles. The molecule has 17 heavy (non-hydrogen) atoms. The fourth-order valence-corrected chi connectivity index (χ4v) is 2.90. The summed E-state index contributed by atoms with van der Waals surface area (Å²) >= 11 is 0. The fourth-order valence-electron chi connectivity index (χ4n) is 2.90. The molecule has 0 spiro atoms. The lowest BCUT2D eigenvalue weighted by Crippen LogP contribution is -2.48. The summed E-state index contributed by atoms with van der Waals surface area (Å²) < 4.78 is 5.20. The molecule has 1 aliphatic carbocycles. The first-order valence-corrected chi connectivity index (χ1v) is 6.65. The van der Waals surface area contributed by atoms with E-state index in [0.29, 0.717) is 12.1 Å². The van der Waals surface area contributed by atoms with Crippen LogP contribution < -0.4 is 5.32 Å². The lowest BCUT2D eigenvalue weighted by atomic mass is 9.98. The maximum Gasteiger partial charge on any atom is 0.0615 e. The van der Waals surface area contributed by atoms with Crippen LogP contribution in [0.25, 0.3) is 0 Å². The predicted octanol–water partition coefficient (Wildman–Crippen LogP) is 0.846. The first-order valence-electron chi connectivity index (χ1n) is 6.65. The Bertz CT molecular complexity index is 225. The average Bonchev–Trinajstić information content (AvgIpc) is 2.74. The Labute approximate surface area is 105 Å². The molecular formula is C13H28N2O2. The largest absolute Gasteiger partial charge is 0.394 e. The topological polar surface area (TPSA) is 44.7 Å². The number of hydrogen-bond acceptors (Lipinski definition) is 4. The molecule has 0 radical (unpaired) electrons. The zero-order chi connectivity index (χ0) is 12.9. The minimum Gasteiger partial charge on any atom is -0.394 e. The van der Waals surface area contributed by atoms with E-state index in [1.165, 1.54) is 0 Å². The van der Waals surface area contributed by atoms with Gasteiger partial charge in [-0.1, -0.05) is 6.92 Å². The predicted molar refractivity (Wildman–Crippen MR) is 70.2 cm³/mol. The minimum absolute atomic E-state index is 0.0551. The number of ether oxygens (including phenoxy) is 1. The summed E-state index contributed by atoms with van der Waals surface area (Å²) in [5.74, 6) is 0. The highest BCUT2D eigenvalue weighted by atomic mass is 16.5.